The van der Waals surface area contributed by atoms with Gasteiger partial charge in [-0.05, 0) is 54.1 Å². The number of amides is 3. The molecule has 0 aliphatic carbocycles. The van der Waals surface area contributed by atoms with Crippen LogP contribution in [0.5, 0.6) is 5.75 Å². The van der Waals surface area contributed by atoms with Crippen LogP contribution in [0.2, 0.25) is 5.02 Å². The highest BCUT2D eigenvalue weighted by atomic mass is 35.5. The molecule has 0 fully saturated rings. The van der Waals surface area contributed by atoms with Crippen molar-refractivity contribution in [2.75, 3.05) is 29.8 Å². The van der Waals surface area contributed by atoms with E-state index in [0.717, 1.165) is 4.90 Å². The number of nitrogens with one attached hydrogen (secondary N) is 2. The molecule has 11 heteroatoms. The van der Waals surface area contributed by atoms with Crippen LogP contribution in [0, 0.1) is 0 Å². The number of carbonyl (C=O) groups is 4. The first-order valence-corrected chi connectivity index (χ1v) is 11.9. The topological polar surface area (TPSA) is 114 Å². The highest BCUT2D eigenvalue weighted by Crippen LogP contribution is 2.31. The van der Waals surface area contributed by atoms with Crippen molar-refractivity contribution in [3.05, 3.63) is 93.6 Å². The summed E-state index contributed by atoms with van der Waals surface area (Å²) in [7, 11) is 2.73. The fourth-order valence-electron chi connectivity index (χ4n) is 3.74. The van der Waals surface area contributed by atoms with E-state index in [-0.39, 0.29) is 34.3 Å². The largest absolute Gasteiger partial charge is 0.495 e. The van der Waals surface area contributed by atoms with E-state index in [1.165, 1.54) is 38.5 Å². The number of esters is 1. The molecular weight excluding hydrogens is 533 g/mol. The third-order valence-electron chi connectivity index (χ3n) is 5.58. The molecule has 1 heterocycles. The first-order chi connectivity index (χ1) is 18.2. The molecule has 0 bridgehead atoms. The van der Waals surface area contributed by atoms with Gasteiger partial charge in [-0.3, -0.25) is 14.4 Å². The molecule has 3 aromatic rings. The standard InChI is InChI=1S/C27H21Cl2N3O6/c1-37-21-11-8-17(28)14-20(21)31-22(33)12-15-6-9-18(10-7-15)30-24-23(29)25(34)32(26(24)35)19-5-3-4-16(13-19)27(36)38-2/h3-11,13-14,30H,12H2,1-2H3,(H,31,33). The van der Waals surface area contributed by atoms with Crippen LogP contribution >= 0.6 is 23.2 Å². The minimum Gasteiger partial charge on any atom is -0.495 e. The quantitative estimate of drug-likeness (QED) is 0.305. The fraction of sp³-hybridized carbons (Fsp3) is 0.111. The Balaban J connectivity index is 1.44. The van der Waals surface area contributed by atoms with Gasteiger partial charge in [0.2, 0.25) is 5.91 Å². The second-order valence-electron chi connectivity index (χ2n) is 8.07. The van der Waals surface area contributed by atoms with E-state index in [9.17, 15) is 19.2 Å². The number of nitrogens with zero attached hydrogens (tertiary/aromatic N) is 1. The number of carbonyl (C=O) groups excluding carboxylic acids is 4. The summed E-state index contributed by atoms with van der Waals surface area (Å²) in [6, 6.07) is 17.5. The Morgan fingerprint density at radius 1 is 0.921 bits per heavy atom. The smallest absolute Gasteiger partial charge is 0.337 e. The molecule has 0 saturated carbocycles. The zero-order valence-corrected chi connectivity index (χ0v) is 21.7. The maximum atomic E-state index is 13.1. The molecule has 4 rings (SSSR count). The lowest BCUT2D eigenvalue weighted by Crippen LogP contribution is -2.32. The third kappa shape index (κ3) is 5.64. The summed E-state index contributed by atoms with van der Waals surface area (Å²) < 4.78 is 9.94. The van der Waals surface area contributed by atoms with Gasteiger partial charge in [0.25, 0.3) is 11.8 Å². The fourth-order valence-corrected chi connectivity index (χ4v) is 4.13. The molecular formula is C27H21Cl2N3O6. The summed E-state index contributed by atoms with van der Waals surface area (Å²) in [5.74, 6) is -1.82. The summed E-state index contributed by atoms with van der Waals surface area (Å²) in [4.78, 5) is 51.1. The number of anilines is 3. The Morgan fingerprint density at radius 3 is 2.34 bits per heavy atom. The van der Waals surface area contributed by atoms with Gasteiger partial charge in [0.1, 0.15) is 16.5 Å². The Hall–Kier alpha value is -4.34. The van der Waals surface area contributed by atoms with Crippen molar-refractivity contribution in [1.29, 1.82) is 0 Å². The van der Waals surface area contributed by atoms with Crippen LogP contribution < -0.4 is 20.3 Å². The van der Waals surface area contributed by atoms with Crippen LogP contribution in [0.4, 0.5) is 17.1 Å². The predicted octanol–water partition coefficient (Wildman–Crippen LogP) is 4.75. The van der Waals surface area contributed by atoms with Gasteiger partial charge in [-0.2, -0.15) is 0 Å². The Labute approximate surface area is 227 Å². The van der Waals surface area contributed by atoms with Gasteiger partial charge in [0.15, 0.2) is 0 Å². The zero-order valence-electron chi connectivity index (χ0n) is 20.2. The van der Waals surface area contributed by atoms with Crippen LogP contribution in [-0.4, -0.2) is 37.9 Å². The number of halogens is 2. The average Bonchev–Trinajstić information content (AvgIpc) is 3.12. The number of ether oxygens (including phenoxy) is 2. The van der Waals surface area contributed by atoms with Crippen LogP contribution in [0.3, 0.4) is 0 Å². The van der Waals surface area contributed by atoms with Crippen molar-refractivity contribution >= 4 is 64.0 Å². The van der Waals surface area contributed by atoms with Gasteiger partial charge >= 0.3 is 5.97 Å². The van der Waals surface area contributed by atoms with Crippen molar-refractivity contribution in [2.24, 2.45) is 0 Å². The zero-order chi connectivity index (χ0) is 27.4. The molecule has 3 amide bonds. The lowest BCUT2D eigenvalue weighted by Gasteiger charge is -2.16. The summed E-state index contributed by atoms with van der Waals surface area (Å²) in [5.41, 5.74) is 1.87. The van der Waals surface area contributed by atoms with Gasteiger partial charge in [-0.1, -0.05) is 41.4 Å². The van der Waals surface area contributed by atoms with Gasteiger partial charge in [-0.15, -0.1) is 0 Å². The van der Waals surface area contributed by atoms with E-state index in [0.29, 0.717) is 27.7 Å². The minimum absolute atomic E-state index is 0.0706. The molecule has 0 aromatic heterocycles. The molecule has 0 spiro atoms. The Bertz CT molecular complexity index is 1470. The molecule has 0 radical (unpaired) electrons. The lowest BCUT2D eigenvalue weighted by atomic mass is 10.1. The molecule has 9 nitrogen and oxygen atoms in total. The molecule has 1 aliphatic rings. The average molecular weight is 554 g/mol. The molecule has 194 valence electrons. The van der Waals surface area contributed by atoms with E-state index in [1.54, 1.807) is 42.5 Å². The predicted molar refractivity (Wildman–Crippen MR) is 144 cm³/mol. The molecule has 0 saturated heterocycles. The first kappa shape index (κ1) is 26.7. The summed E-state index contributed by atoms with van der Waals surface area (Å²) in [6.45, 7) is 0. The Morgan fingerprint density at radius 2 is 1.66 bits per heavy atom. The summed E-state index contributed by atoms with van der Waals surface area (Å²) in [5, 5.41) is 5.81. The highest BCUT2D eigenvalue weighted by Gasteiger charge is 2.39. The highest BCUT2D eigenvalue weighted by molar-refractivity contribution is 6.53. The van der Waals surface area contributed by atoms with E-state index >= 15 is 0 Å². The van der Waals surface area contributed by atoms with Crippen molar-refractivity contribution in [3.63, 3.8) is 0 Å². The maximum absolute atomic E-state index is 13.1. The number of rotatable bonds is 8. The first-order valence-electron chi connectivity index (χ1n) is 11.2. The minimum atomic E-state index is -0.731. The van der Waals surface area contributed by atoms with E-state index in [1.807, 2.05) is 0 Å². The van der Waals surface area contributed by atoms with Crippen LogP contribution in [0.25, 0.3) is 0 Å². The number of hydrogen-bond acceptors (Lipinski definition) is 7. The van der Waals surface area contributed by atoms with Gasteiger partial charge in [-0.25, -0.2) is 9.69 Å². The second-order valence-corrected chi connectivity index (χ2v) is 8.88. The number of benzene rings is 3. The van der Waals surface area contributed by atoms with Gasteiger partial charge in [0.05, 0.1) is 37.6 Å². The maximum Gasteiger partial charge on any atom is 0.337 e. The van der Waals surface area contributed by atoms with Crippen LogP contribution in [-0.2, 0) is 25.5 Å². The third-order valence-corrected chi connectivity index (χ3v) is 6.16. The van der Waals surface area contributed by atoms with Crippen molar-refractivity contribution in [1.82, 2.24) is 0 Å². The van der Waals surface area contributed by atoms with Crippen molar-refractivity contribution in [3.8, 4) is 5.75 Å². The normalized spacial score (nSPS) is 13.0. The molecule has 38 heavy (non-hydrogen) atoms. The number of imide groups is 1. The van der Waals surface area contributed by atoms with Crippen molar-refractivity contribution in [2.45, 2.75) is 6.42 Å². The van der Waals surface area contributed by atoms with Crippen LogP contribution in [0.15, 0.2) is 77.5 Å². The number of methoxy groups -OCH3 is 2. The second kappa shape index (κ2) is 11.4. The Kier molecular flexibility index (Phi) is 7.99. The molecule has 0 atom stereocenters. The SMILES string of the molecule is COC(=O)c1cccc(N2C(=O)C(Cl)=C(Nc3ccc(CC(=O)Nc4cc(Cl)ccc4OC)cc3)C2=O)c1. The summed E-state index contributed by atoms with van der Waals surface area (Å²) >= 11 is 12.2. The number of hydrogen-bond donors (Lipinski definition) is 2. The molecule has 2 N–H and O–H groups in total. The van der Waals surface area contributed by atoms with Gasteiger partial charge in [0, 0.05) is 10.7 Å². The van der Waals surface area contributed by atoms with E-state index < -0.39 is 17.8 Å². The molecule has 0 unspecified atom stereocenters. The monoisotopic (exact) mass is 553 g/mol. The van der Waals surface area contributed by atoms with E-state index in [4.69, 9.17) is 32.7 Å². The van der Waals surface area contributed by atoms with E-state index in [2.05, 4.69) is 10.6 Å². The molecule has 3 aromatic carbocycles. The molecule has 1 aliphatic heterocycles. The van der Waals surface area contributed by atoms with Crippen LogP contribution in [0.1, 0.15) is 15.9 Å². The van der Waals surface area contributed by atoms with Crippen molar-refractivity contribution < 1.29 is 28.7 Å². The lowest BCUT2D eigenvalue weighted by molar-refractivity contribution is -0.120. The summed E-state index contributed by atoms with van der Waals surface area (Å²) in [6.07, 6.45) is 0.0706. The van der Waals surface area contributed by atoms with Gasteiger partial charge < -0.3 is 20.1 Å².